The zero-order chi connectivity index (χ0) is 15.1. The number of aromatic nitrogens is 1. The zero-order valence-corrected chi connectivity index (χ0v) is 12.9. The van der Waals surface area contributed by atoms with Crippen LogP contribution in [0.25, 0.3) is 0 Å². The minimum Gasteiger partial charge on any atom is -0.352 e. The fraction of sp³-hybridized carbons (Fsp3) is 0.267. The van der Waals surface area contributed by atoms with Crippen LogP contribution in [-0.2, 0) is 13.1 Å². The van der Waals surface area contributed by atoms with Gasteiger partial charge in [-0.15, -0.1) is 11.3 Å². The lowest BCUT2D eigenvalue weighted by atomic mass is 10.1. The van der Waals surface area contributed by atoms with Crippen LogP contribution in [0.1, 0.15) is 21.0 Å². The van der Waals surface area contributed by atoms with E-state index in [-0.39, 0.29) is 0 Å². The van der Waals surface area contributed by atoms with E-state index in [0.29, 0.717) is 24.6 Å². The molecule has 0 radical (unpaired) electrons. The van der Waals surface area contributed by atoms with E-state index >= 15 is 0 Å². The highest BCUT2D eigenvalue weighted by Gasteiger charge is 2.02. The number of thiazole rings is 1. The average molecular weight is 299 g/mol. The molecule has 2 rings (SSSR count). The number of aryl methyl sites for hydroxylation is 1. The van der Waals surface area contributed by atoms with Crippen molar-refractivity contribution in [1.82, 2.24) is 15.6 Å². The van der Waals surface area contributed by atoms with E-state index in [1.54, 1.807) is 24.5 Å². The van der Waals surface area contributed by atoms with E-state index in [1.807, 2.05) is 31.3 Å². The van der Waals surface area contributed by atoms with Gasteiger partial charge in [0.2, 0.25) is 0 Å². The number of nitriles is 1. The monoisotopic (exact) mass is 299 g/mol. The second kappa shape index (κ2) is 7.41. The van der Waals surface area contributed by atoms with Gasteiger partial charge < -0.3 is 10.6 Å². The Morgan fingerprint density at radius 3 is 2.86 bits per heavy atom. The lowest BCUT2D eigenvalue weighted by Crippen LogP contribution is -2.36. The summed E-state index contributed by atoms with van der Waals surface area (Å²) < 4.78 is 0. The second-order valence-electron chi connectivity index (χ2n) is 4.46. The Labute approximate surface area is 128 Å². The van der Waals surface area contributed by atoms with Gasteiger partial charge in [-0.25, -0.2) is 4.98 Å². The number of hydrogen-bond donors (Lipinski definition) is 2. The summed E-state index contributed by atoms with van der Waals surface area (Å²) in [5, 5.41) is 16.4. The summed E-state index contributed by atoms with van der Waals surface area (Å²) in [6.07, 6.45) is 1.87. The Kier molecular flexibility index (Phi) is 5.29. The highest BCUT2D eigenvalue weighted by molar-refractivity contribution is 7.11. The maximum absolute atomic E-state index is 8.89. The first kappa shape index (κ1) is 15.0. The minimum absolute atomic E-state index is 0.617. The fourth-order valence-corrected chi connectivity index (χ4v) is 2.53. The SMILES string of the molecule is CN=C(NCc1cccc(C#N)c1)NCc1ncc(C)s1. The molecular formula is C15H17N5S. The number of nitrogens with one attached hydrogen (secondary N) is 2. The third kappa shape index (κ3) is 4.58. The fourth-order valence-electron chi connectivity index (χ4n) is 1.80. The third-order valence-corrected chi connectivity index (χ3v) is 3.73. The van der Waals surface area contributed by atoms with Gasteiger partial charge in [-0.2, -0.15) is 5.26 Å². The topological polar surface area (TPSA) is 73.1 Å². The van der Waals surface area contributed by atoms with Gasteiger partial charge in [0.25, 0.3) is 0 Å². The molecule has 0 saturated carbocycles. The molecule has 0 aliphatic carbocycles. The predicted octanol–water partition coefficient (Wildman–Crippen LogP) is 2.19. The number of guanidine groups is 1. The van der Waals surface area contributed by atoms with Gasteiger partial charge in [0.15, 0.2) is 5.96 Å². The first-order valence-corrected chi connectivity index (χ1v) is 7.38. The lowest BCUT2D eigenvalue weighted by Gasteiger charge is -2.11. The summed E-state index contributed by atoms with van der Waals surface area (Å²) in [4.78, 5) is 9.67. The molecule has 108 valence electrons. The van der Waals surface area contributed by atoms with Gasteiger partial charge in [-0.05, 0) is 24.6 Å². The van der Waals surface area contributed by atoms with Gasteiger partial charge in [0.05, 0.1) is 18.2 Å². The molecular weight excluding hydrogens is 282 g/mol. The van der Waals surface area contributed by atoms with Crippen LogP contribution >= 0.6 is 11.3 Å². The van der Waals surface area contributed by atoms with Gasteiger partial charge in [0, 0.05) is 24.7 Å². The van der Waals surface area contributed by atoms with Gasteiger partial charge in [-0.3, -0.25) is 4.99 Å². The van der Waals surface area contributed by atoms with Crippen molar-refractivity contribution in [3.05, 3.63) is 51.5 Å². The third-order valence-electron chi connectivity index (χ3n) is 2.82. The second-order valence-corrected chi connectivity index (χ2v) is 5.78. The summed E-state index contributed by atoms with van der Waals surface area (Å²) in [5.74, 6) is 0.713. The van der Waals surface area contributed by atoms with Gasteiger partial charge in [0.1, 0.15) is 5.01 Å². The molecule has 21 heavy (non-hydrogen) atoms. The Morgan fingerprint density at radius 1 is 1.38 bits per heavy atom. The van der Waals surface area contributed by atoms with Crippen LogP contribution in [0.15, 0.2) is 35.5 Å². The molecule has 0 unspecified atom stereocenters. The number of hydrogen-bond acceptors (Lipinski definition) is 4. The van der Waals surface area contributed by atoms with Gasteiger partial charge in [-0.1, -0.05) is 12.1 Å². The van der Waals surface area contributed by atoms with Crippen LogP contribution in [-0.4, -0.2) is 18.0 Å². The van der Waals surface area contributed by atoms with Crippen molar-refractivity contribution in [2.75, 3.05) is 7.05 Å². The molecule has 0 bridgehead atoms. The van der Waals surface area contributed by atoms with Crippen molar-refractivity contribution in [2.24, 2.45) is 4.99 Å². The molecule has 0 spiro atoms. The summed E-state index contributed by atoms with van der Waals surface area (Å²) in [5.41, 5.74) is 1.71. The number of nitrogens with zero attached hydrogens (tertiary/aromatic N) is 3. The maximum atomic E-state index is 8.89. The van der Waals surface area contributed by atoms with Crippen molar-refractivity contribution in [2.45, 2.75) is 20.0 Å². The van der Waals surface area contributed by atoms with Gasteiger partial charge >= 0.3 is 0 Å². The molecule has 1 heterocycles. The van der Waals surface area contributed by atoms with E-state index in [1.165, 1.54) is 4.88 Å². The van der Waals surface area contributed by atoms with Crippen molar-refractivity contribution < 1.29 is 0 Å². The molecule has 0 saturated heterocycles. The van der Waals surface area contributed by atoms with Crippen molar-refractivity contribution in [1.29, 1.82) is 5.26 Å². The molecule has 0 fully saturated rings. The van der Waals surface area contributed by atoms with Crippen LogP contribution in [0, 0.1) is 18.3 Å². The van der Waals surface area contributed by atoms with Crippen LogP contribution in [0.4, 0.5) is 0 Å². The van der Waals surface area contributed by atoms with Crippen molar-refractivity contribution in [3.8, 4) is 6.07 Å². The first-order chi connectivity index (χ1) is 10.2. The summed E-state index contributed by atoms with van der Waals surface area (Å²) in [6.45, 7) is 3.30. The highest BCUT2D eigenvalue weighted by atomic mass is 32.1. The van der Waals surface area contributed by atoms with Crippen LogP contribution < -0.4 is 10.6 Å². The predicted molar refractivity (Wildman–Crippen MR) is 85.0 cm³/mol. The number of benzene rings is 1. The summed E-state index contributed by atoms with van der Waals surface area (Å²) >= 11 is 1.67. The molecule has 1 aromatic carbocycles. The lowest BCUT2D eigenvalue weighted by molar-refractivity contribution is 0.805. The Bertz CT molecular complexity index is 669. The molecule has 5 nitrogen and oxygen atoms in total. The normalized spacial score (nSPS) is 11.0. The van der Waals surface area contributed by atoms with Crippen LogP contribution in [0.5, 0.6) is 0 Å². The van der Waals surface area contributed by atoms with E-state index in [2.05, 4.69) is 26.7 Å². The number of aliphatic imine (C=N–C) groups is 1. The Morgan fingerprint density at radius 2 is 2.19 bits per heavy atom. The maximum Gasteiger partial charge on any atom is 0.191 e. The van der Waals surface area contributed by atoms with Crippen LogP contribution in [0.3, 0.4) is 0 Å². The van der Waals surface area contributed by atoms with E-state index in [0.717, 1.165) is 10.6 Å². The Hall–Kier alpha value is -2.39. The van der Waals surface area contributed by atoms with Crippen molar-refractivity contribution >= 4 is 17.3 Å². The van der Waals surface area contributed by atoms with E-state index in [4.69, 9.17) is 5.26 Å². The molecule has 0 amide bonds. The molecule has 6 heteroatoms. The van der Waals surface area contributed by atoms with Crippen LogP contribution in [0.2, 0.25) is 0 Å². The largest absolute Gasteiger partial charge is 0.352 e. The first-order valence-electron chi connectivity index (χ1n) is 6.56. The zero-order valence-electron chi connectivity index (χ0n) is 12.1. The smallest absolute Gasteiger partial charge is 0.191 e. The standard InChI is InChI=1S/C15H17N5S/c1-11-8-18-14(21-11)10-20-15(17-2)19-9-13-5-3-4-12(6-13)7-16/h3-6,8H,9-10H2,1-2H3,(H2,17,19,20). The minimum atomic E-state index is 0.617. The van der Waals surface area contributed by atoms with E-state index in [9.17, 15) is 0 Å². The van der Waals surface area contributed by atoms with Crippen molar-refractivity contribution in [3.63, 3.8) is 0 Å². The summed E-state index contributed by atoms with van der Waals surface area (Å²) in [6, 6.07) is 9.65. The molecule has 0 aliphatic rings. The Balaban J connectivity index is 1.86. The molecule has 0 atom stereocenters. The quantitative estimate of drug-likeness (QED) is 0.670. The molecule has 2 aromatic rings. The molecule has 0 aliphatic heterocycles. The molecule has 2 N–H and O–H groups in total. The summed E-state index contributed by atoms with van der Waals surface area (Å²) in [7, 11) is 1.73. The van der Waals surface area contributed by atoms with E-state index < -0.39 is 0 Å². The number of rotatable bonds is 4. The highest BCUT2D eigenvalue weighted by Crippen LogP contribution is 2.10. The molecule has 1 aromatic heterocycles. The average Bonchev–Trinajstić information content (AvgIpc) is 2.93.